The third kappa shape index (κ3) is 8.20. The Morgan fingerprint density at radius 1 is 0.952 bits per heavy atom. The highest BCUT2D eigenvalue weighted by Crippen LogP contribution is 2.40. The number of carbonyl (C=O) groups excluding carboxylic acids is 2. The standard InChI is InChI=1S/C35H45NO6/c1-8-13-29(25(6)24(4)5)34-26(7)36(31-17-16-27-14-11-12-15-30(27)35(31)34)22-28(40-20-21-42-33(38)10-3)23-39-18-19-41-32(37)9-2/h9-12,14-17,24,28H,2-3,8,13,18-23H2,1,4-7H3/b29-25-. The van der Waals surface area contributed by atoms with E-state index >= 15 is 0 Å². The predicted molar refractivity (Wildman–Crippen MR) is 169 cm³/mol. The summed E-state index contributed by atoms with van der Waals surface area (Å²) in [5.74, 6) is -0.551. The van der Waals surface area contributed by atoms with Crippen LogP contribution in [0.5, 0.6) is 0 Å². The van der Waals surface area contributed by atoms with E-state index in [4.69, 9.17) is 18.9 Å². The van der Waals surface area contributed by atoms with Crippen molar-refractivity contribution in [3.8, 4) is 0 Å². The Labute approximate surface area is 249 Å². The molecule has 0 aliphatic rings. The lowest BCUT2D eigenvalue weighted by Crippen LogP contribution is -2.28. The number of benzene rings is 2. The van der Waals surface area contributed by atoms with Gasteiger partial charge in [0.25, 0.3) is 0 Å². The largest absolute Gasteiger partial charge is 0.460 e. The first-order chi connectivity index (χ1) is 20.2. The molecule has 0 spiro atoms. The Kier molecular flexibility index (Phi) is 12.6. The Hall–Kier alpha value is -3.68. The number of ether oxygens (including phenoxy) is 4. The third-order valence-corrected chi connectivity index (χ3v) is 7.53. The molecule has 1 heterocycles. The molecular weight excluding hydrogens is 530 g/mol. The number of carbonyl (C=O) groups is 2. The maximum atomic E-state index is 11.5. The van der Waals surface area contributed by atoms with Gasteiger partial charge in [-0.1, -0.05) is 76.3 Å². The number of fused-ring (bicyclic) bond motifs is 3. The number of nitrogens with zero attached hydrogens (tertiary/aromatic N) is 1. The van der Waals surface area contributed by atoms with Crippen molar-refractivity contribution in [2.75, 3.05) is 33.0 Å². The minimum Gasteiger partial charge on any atom is -0.460 e. The van der Waals surface area contributed by atoms with Crippen molar-refractivity contribution in [2.45, 2.75) is 60.1 Å². The zero-order chi connectivity index (χ0) is 30.6. The van der Waals surface area contributed by atoms with Gasteiger partial charge in [-0.05, 0) is 48.6 Å². The molecule has 7 nitrogen and oxygen atoms in total. The minimum absolute atomic E-state index is 0.108. The van der Waals surface area contributed by atoms with Crippen LogP contribution in [0.4, 0.5) is 0 Å². The fraction of sp³-hybridized carbons (Fsp3) is 0.429. The first kappa shape index (κ1) is 32.8. The molecule has 0 aliphatic heterocycles. The average molecular weight is 576 g/mol. The maximum absolute atomic E-state index is 11.5. The summed E-state index contributed by atoms with van der Waals surface area (Å²) in [7, 11) is 0. The Balaban J connectivity index is 2.03. The third-order valence-electron chi connectivity index (χ3n) is 7.53. The second-order valence-corrected chi connectivity index (χ2v) is 10.6. The van der Waals surface area contributed by atoms with Crippen LogP contribution < -0.4 is 0 Å². The van der Waals surface area contributed by atoms with Crippen LogP contribution in [0.3, 0.4) is 0 Å². The van der Waals surface area contributed by atoms with Crippen LogP contribution in [0.25, 0.3) is 27.2 Å². The molecule has 0 saturated heterocycles. The first-order valence-corrected chi connectivity index (χ1v) is 14.7. The van der Waals surface area contributed by atoms with Gasteiger partial charge in [0.1, 0.15) is 13.2 Å². The van der Waals surface area contributed by atoms with E-state index in [-0.39, 0.29) is 39.1 Å². The van der Waals surface area contributed by atoms with Crippen LogP contribution in [0.15, 0.2) is 67.3 Å². The summed E-state index contributed by atoms with van der Waals surface area (Å²) in [6.45, 7) is 19.5. The second-order valence-electron chi connectivity index (χ2n) is 10.6. The van der Waals surface area contributed by atoms with Gasteiger partial charge in [0.05, 0.1) is 32.5 Å². The van der Waals surface area contributed by atoms with Crippen molar-refractivity contribution in [3.63, 3.8) is 0 Å². The number of hydrogen-bond donors (Lipinski definition) is 0. The van der Waals surface area contributed by atoms with Gasteiger partial charge in [0.15, 0.2) is 0 Å². The van der Waals surface area contributed by atoms with Crippen LogP contribution in [0.2, 0.25) is 0 Å². The molecule has 42 heavy (non-hydrogen) atoms. The molecule has 7 heteroatoms. The van der Waals surface area contributed by atoms with E-state index in [1.165, 1.54) is 38.6 Å². The normalized spacial score (nSPS) is 12.8. The van der Waals surface area contributed by atoms with Gasteiger partial charge in [0.2, 0.25) is 0 Å². The Bertz CT molecular complexity index is 1430. The molecule has 0 amide bonds. The molecule has 0 radical (unpaired) electrons. The molecule has 226 valence electrons. The van der Waals surface area contributed by atoms with Crippen molar-refractivity contribution in [1.82, 2.24) is 4.57 Å². The molecular formula is C35H45NO6. The number of esters is 2. The number of allylic oxidation sites excluding steroid dienone is 2. The van der Waals surface area contributed by atoms with Crippen molar-refractivity contribution in [3.05, 3.63) is 78.5 Å². The van der Waals surface area contributed by atoms with E-state index in [9.17, 15) is 9.59 Å². The predicted octanol–water partition coefficient (Wildman–Crippen LogP) is 7.19. The van der Waals surface area contributed by atoms with Crippen LogP contribution in [-0.4, -0.2) is 55.6 Å². The van der Waals surface area contributed by atoms with E-state index < -0.39 is 11.9 Å². The highest BCUT2D eigenvalue weighted by molar-refractivity contribution is 6.12. The second kappa shape index (κ2) is 16.1. The quantitative estimate of drug-likeness (QED) is 0.0963. The molecule has 0 saturated carbocycles. The minimum atomic E-state index is -0.491. The molecule has 1 unspecified atom stereocenters. The highest BCUT2D eigenvalue weighted by atomic mass is 16.6. The van der Waals surface area contributed by atoms with Gasteiger partial charge in [-0.2, -0.15) is 0 Å². The number of aromatic nitrogens is 1. The number of hydrogen-bond acceptors (Lipinski definition) is 6. The van der Waals surface area contributed by atoms with E-state index in [2.05, 4.69) is 88.7 Å². The number of rotatable bonds is 17. The molecule has 0 fully saturated rings. The molecule has 1 aromatic heterocycles. The lowest BCUT2D eigenvalue weighted by atomic mass is 9.88. The molecule has 0 bridgehead atoms. The van der Waals surface area contributed by atoms with Crippen molar-refractivity contribution < 1.29 is 28.5 Å². The molecule has 2 aromatic carbocycles. The SMILES string of the molecule is C=CC(=O)OCCOCC(Cn1c(C)c(/C(CCC)=C(/C)C(C)C)c2c3ccccc3ccc21)OCCOC(=O)C=C. The zero-order valence-electron chi connectivity index (χ0n) is 25.7. The topological polar surface area (TPSA) is 76.0 Å². The molecule has 3 aromatic rings. The van der Waals surface area contributed by atoms with E-state index in [1.807, 2.05) is 0 Å². The van der Waals surface area contributed by atoms with Gasteiger partial charge < -0.3 is 23.5 Å². The van der Waals surface area contributed by atoms with E-state index in [0.717, 1.165) is 30.5 Å². The molecule has 3 rings (SSSR count). The monoisotopic (exact) mass is 575 g/mol. The highest BCUT2D eigenvalue weighted by Gasteiger charge is 2.23. The fourth-order valence-corrected chi connectivity index (χ4v) is 5.21. The van der Waals surface area contributed by atoms with Crippen LogP contribution >= 0.6 is 0 Å². The summed E-state index contributed by atoms with van der Waals surface area (Å²) < 4.78 is 24.5. The average Bonchev–Trinajstić information content (AvgIpc) is 3.27. The Morgan fingerprint density at radius 3 is 2.26 bits per heavy atom. The van der Waals surface area contributed by atoms with Gasteiger partial charge in [0, 0.05) is 34.3 Å². The fourth-order valence-electron chi connectivity index (χ4n) is 5.21. The van der Waals surface area contributed by atoms with Crippen LogP contribution in [0.1, 0.15) is 51.8 Å². The van der Waals surface area contributed by atoms with Gasteiger partial charge in [-0.25, -0.2) is 9.59 Å². The molecule has 0 N–H and O–H groups in total. The summed E-state index contributed by atoms with van der Waals surface area (Å²) in [4.78, 5) is 22.9. The van der Waals surface area contributed by atoms with Crippen molar-refractivity contribution in [2.24, 2.45) is 5.92 Å². The lowest BCUT2D eigenvalue weighted by molar-refractivity contribution is -0.142. The molecule has 0 aliphatic carbocycles. The molecule has 1 atom stereocenters. The smallest absolute Gasteiger partial charge is 0.330 e. The van der Waals surface area contributed by atoms with Gasteiger partial charge >= 0.3 is 11.9 Å². The summed E-state index contributed by atoms with van der Waals surface area (Å²) >= 11 is 0. The van der Waals surface area contributed by atoms with Crippen molar-refractivity contribution in [1.29, 1.82) is 0 Å². The van der Waals surface area contributed by atoms with Crippen LogP contribution in [0, 0.1) is 12.8 Å². The zero-order valence-corrected chi connectivity index (χ0v) is 25.7. The van der Waals surface area contributed by atoms with E-state index in [0.29, 0.717) is 12.5 Å². The van der Waals surface area contributed by atoms with Crippen molar-refractivity contribution >= 4 is 39.2 Å². The lowest BCUT2D eigenvalue weighted by Gasteiger charge is -2.21. The summed E-state index contributed by atoms with van der Waals surface area (Å²) in [6.07, 6.45) is 3.96. The van der Waals surface area contributed by atoms with Crippen LogP contribution in [-0.2, 0) is 35.1 Å². The summed E-state index contributed by atoms with van der Waals surface area (Å²) in [6, 6.07) is 12.9. The summed E-state index contributed by atoms with van der Waals surface area (Å²) in [5, 5.41) is 3.69. The maximum Gasteiger partial charge on any atom is 0.330 e. The Morgan fingerprint density at radius 2 is 1.62 bits per heavy atom. The van der Waals surface area contributed by atoms with E-state index in [1.54, 1.807) is 0 Å². The summed E-state index contributed by atoms with van der Waals surface area (Å²) in [5.41, 5.74) is 6.42. The van der Waals surface area contributed by atoms with Gasteiger partial charge in [-0.3, -0.25) is 0 Å². The first-order valence-electron chi connectivity index (χ1n) is 14.7. The van der Waals surface area contributed by atoms with Gasteiger partial charge in [-0.15, -0.1) is 0 Å².